The highest BCUT2D eigenvalue weighted by Gasteiger charge is 2.22. The maximum atomic E-state index is 12.8. The zero-order chi connectivity index (χ0) is 26.2. The molecule has 7 heteroatoms. The SMILES string of the molecule is CCCCCCCC(=O)c1ccc(OC(=O)CCCCCC)c(C(=O)OOC(=O)c2ccccc2)c1. The number of carbonyl (C=O) groups is 4. The highest BCUT2D eigenvalue weighted by atomic mass is 17.2. The number of Topliss-reactive ketones (excluding diaryl/α,β-unsaturated/α-hetero) is 1. The van der Waals surface area contributed by atoms with E-state index in [1.54, 1.807) is 18.2 Å². The van der Waals surface area contributed by atoms with Crippen LogP contribution in [0.3, 0.4) is 0 Å². The van der Waals surface area contributed by atoms with E-state index in [2.05, 4.69) is 18.7 Å². The lowest BCUT2D eigenvalue weighted by atomic mass is 10.0. The summed E-state index contributed by atoms with van der Waals surface area (Å²) in [4.78, 5) is 59.4. The van der Waals surface area contributed by atoms with E-state index < -0.39 is 17.9 Å². The van der Waals surface area contributed by atoms with Crippen LogP contribution in [-0.2, 0) is 14.6 Å². The smallest absolute Gasteiger partial charge is 0.390 e. The summed E-state index contributed by atoms with van der Waals surface area (Å²) in [5.74, 6) is -2.55. The number of unbranched alkanes of at least 4 members (excludes halogenated alkanes) is 7. The van der Waals surface area contributed by atoms with Gasteiger partial charge in [-0.2, -0.15) is 0 Å². The molecule has 0 saturated carbocycles. The maximum absolute atomic E-state index is 12.8. The van der Waals surface area contributed by atoms with Gasteiger partial charge >= 0.3 is 17.9 Å². The molecule has 194 valence electrons. The number of hydrogen-bond donors (Lipinski definition) is 0. The first-order chi connectivity index (χ1) is 17.5. The Balaban J connectivity index is 2.11. The van der Waals surface area contributed by atoms with Crippen LogP contribution in [0.1, 0.15) is 116 Å². The van der Waals surface area contributed by atoms with Crippen molar-refractivity contribution in [3.8, 4) is 5.75 Å². The van der Waals surface area contributed by atoms with Gasteiger partial charge in [0.2, 0.25) is 0 Å². The molecular weight excluding hydrogens is 460 g/mol. The van der Waals surface area contributed by atoms with Gasteiger partial charge in [0.25, 0.3) is 0 Å². The van der Waals surface area contributed by atoms with Gasteiger partial charge in [0.1, 0.15) is 11.3 Å². The van der Waals surface area contributed by atoms with Crippen molar-refractivity contribution in [3.05, 3.63) is 65.2 Å². The van der Waals surface area contributed by atoms with E-state index in [-0.39, 0.29) is 29.1 Å². The van der Waals surface area contributed by atoms with Gasteiger partial charge < -0.3 is 4.74 Å². The van der Waals surface area contributed by atoms with Crippen LogP contribution in [0.5, 0.6) is 5.75 Å². The Morgan fingerprint density at radius 2 is 1.25 bits per heavy atom. The van der Waals surface area contributed by atoms with Gasteiger partial charge in [-0.3, -0.25) is 9.59 Å². The lowest BCUT2D eigenvalue weighted by Gasteiger charge is -2.11. The van der Waals surface area contributed by atoms with Crippen molar-refractivity contribution in [2.75, 3.05) is 0 Å². The topological polar surface area (TPSA) is 96.0 Å². The van der Waals surface area contributed by atoms with Gasteiger partial charge in [-0.1, -0.05) is 77.0 Å². The van der Waals surface area contributed by atoms with Crippen LogP contribution in [0.2, 0.25) is 0 Å². The van der Waals surface area contributed by atoms with Gasteiger partial charge in [-0.05, 0) is 43.2 Å². The van der Waals surface area contributed by atoms with Crippen LogP contribution in [-0.4, -0.2) is 23.7 Å². The van der Waals surface area contributed by atoms with Crippen molar-refractivity contribution in [2.45, 2.75) is 84.5 Å². The van der Waals surface area contributed by atoms with Crippen LogP contribution in [0.25, 0.3) is 0 Å². The second kappa shape index (κ2) is 16.2. The van der Waals surface area contributed by atoms with Gasteiger partial charge in [0, 0.05) is 18.4 Å². The fraction of sp³-hybridized carbons (Fsp3) is 0.448. The molecule has 0 unspecified atom stereocenters. The number of hydrogen-bond acceptors (Lipinski definition) is 7. The lowest BCUT2D eigenvalue weighted by molar-refractivity contribution is -0.187. The van der Waals surface area contributed by atoms with Gasteiger partial charge in [0.05, 0.1) is 5.56 Å². The predicted octanol–water partition coefficient (Wildman–Crippen LogP) is 7.03. The van der Waals surface area contributed by atoms with Crippen LogP contribution in [0, 0.1) is 0 Å². The van der Waals surface area contributed by atoms with E-state index in [0.717, 1.165) is 51.4 Å². The van der Waals surface area contributed by atoms with E-state index in [0.29, 0.717) is 18.4 Å². The summed E-state index contributed by atoms with van der Waals surface area (Å²) >= 11 is 0. The number of benzene rings is 2. The van der Waals surface area contributed by atoms with Gasteiger partial charge in [-0.15, -0.1) is 0 Å². The molecule has 0 atom stereocenters. The number of ketones is 1. The zero-order valence-corrected chi connectivity index (χ0v) is 21.3. The molecule has 0 radical (unpaired) electrons. The van der Waals surface area contributed by atoms with E-state index in [9.17, 15) is 19.2 Å². The monoisotopic (exact) mass is 496 g/mol. The number of ether oxygens (including phenoxy) is 1. The van der Waals surface area contributed by atoms with Gasteiger partial charge in [0.15, 0.2) is 5.78 Å². The lowest BCUT2D eigenvalue weighted by Crippen LogP contribution is -2.16. The Hall–Kier alpha value is -3.48. The second-order valence-corrected chi connectivity index (χ2v) is 8.69. The summed E-state index contributed by atoms with van der Waals surface area (Å²) in [5.41, 5.74) is 0.347. The molecule has 0 aliphatic heterocycles. The average Bonchev–Trinajstić information content (AvgIpc) is 2.90. The number of rotatable bonds is 15. The Kier molecular flexibility index (Phi) is 13.0. The third-order valence-corrected chi connectivity index (χ3v) is 5.69. The predicted molar refractivity (Wildman–Crippen MR) is 136 cm³/mol. The van der Waals surface area contributed by atoms with Crippen molar-refractivity contribution in [3.63, 3.8) is 0 Å². The zero-order valence-electron chi connectivity index (χ0n) is 21.3. The molecule has 0 N–H and O–H groups in total. The van der Waals surface area contributed by atoms with Crippen molar-refractivity contribution >= 4 is 23.7 Å². The van der Waals surface area contributed by atoms with Crippen LogP contribution >= 0.6 is 0 Å². The summed E-state index contributed by atoms with van der Waals surface area (Å²) in [5, 5.41) is 0. The molecule has 0 bridgehead atoms. The molecule has 2 rings (SSSR count). The quantitative estimate of drug-likeness (QED) is 0.0652. The molecule has 7 nitrogen and oxygen atoms in total. The molecule has 0 aliphatic rings. The van der Waals surface area contributed by atoms with Gasteiger partial charge in [-0.25, -0.2) is 19.4 Å². The Bertz CT molecular complexity index is 998. The first-order valence-electron chi connectivity index (χ1n) is 12.8. The minimum Gasteiger partial charge on any atom is -0.426 e. The standard InChI is InChI=1S/C29H36O7/c1-3-5-7-9-13-17-25(30)23-19-20-26(34-27(31)18-14-8-6-4-2)24(21-23)29(33)36-35-28(32)22-15-11-10-12-16-22/h10-12,15-16,19-21H,3-9,13-14,17-18H2,1-2H3. The largest absolute Gasteiger partial charge is 0.426 e. The van der Waals surface area contributed by atoms with Crippen molar-refractivity contribution in [1.82, 2.24) is 0 Å². The van der Waals surface area contributed by atoms with Crippen molar-refractivity contribution in [2.24, 2.45) is 0 Å². The highest BCUT2D eigenvalue weighted by Crippen LogP contribution is 2.24. The summed E-state index contributed by atoms with van der Waals surface area (Å²) < 4.78 is 5.41. The van der Waals surface area contributed by atoms with Crippen LogP contribution < -0.4 is 4.74 Å². The first-order valence-corrected chi connectivity index (χ1v) is 12.8. The first kappa shape index (κ1) is 28.8. The summed E-state index contributed by atoms with van der Waals surface area (Å²) in [6.07, 6.45) is 9.22. The van der Waals surface area contributed by atoms with E-state index >= 15 is 0 Å². The molecule has 0 aliphatic carbocycles. The minimum atomic E-state index is -1.04. The normalized spacial score (nSPS) is 10.5. The fourth-order valence-corrected chi connectivity index (χ4v) is 3.60. The molecule has 0 fully saturated rings. The molecule has 0 saturated heterocycles. The van der Waals surface area contributed by atoms with E-state index in [4.69, 9.17) is 9.62 Å². The average molecular weight is 497 g/mol. The Labute approximate surface area is 213 Å². The highest BCUT2D eigenvalue weighted by molar-refractivity contribution is 6.01. The third-order valence-electron chi connectivity index (χ3n) is 5.69. The summed E-state index contributed by atoms with van der Waals surface area (Å²) in [6, 6.07) is 12.3. The fourth-order valence-electron chi connectivity index (χ4n) is 3.60. The molecule has 0 amide bonds. The molecule has 2 aromatic rings. The Morgan fingerprint density at radius 3 is 1.94 bits per heavy atom. The van der Waals surface area contributed by atoms with Crippen molar-refractivity contribution in [1.29, 1.82) is 0 Å². The molecular formula is C29H36O7. The van der Waals surface area contributed by atoms with E-state index in [1.165, 1.54) is 30.3 Å². The number of esters is 1. The van der Waals surface area contributed by atoms with E-state index in [1.807, 2.05) is 0 Å². The molecule has 2 aromatic carbocycles. The Morgan fingerprint density at radius 1 is 0.639 bits per heavy atom. The van der Waals surface area contributed by atoms with Crippen molar-refractivity contribution < 1.29 is 33.7 Å². The summed E-state index contributed by atoms with van der Waals surface area (Å²) in [6.45, 7) is 4.21. The molecule has 0 spiro atoms. The maximum Gasteiger partial charge on any atom is 0.390 e. The molecule has 36 heavy (non-hydrogen) atoms. The van der Waals surface area contributed by atoms with Crippen LogP contribution in [0.4, 0.5) is 0 Å². The number of carbonyl (C=O) groups excluding carboxylic acids is 4. The second-order valence-electron chi connectivity index (χ2n) is 8.69. The third kappa shape index (κ3) is 10.0. The summed E-state index contributed by atoms with van der Waals surface area (Å²) in [7, 11) is 0. The van der Waals surface area contributed by atoms with Crippen LogP contribution in [0.15, 0.2) is 48.5 Å². The molecule has 0 heterocycles. The minimum absolute atomic E-state index is 0.0456. The molecule has 0 aromatic heterocycles.